The topological polar surface area (TPSA) is 62.0 Å². The highest BCUT2D eigenvalue weighted by atomic mass is 35.5. The summed E-state index contributed by atoms with van der Waals surface area (Å²) in [5, 5.41) is 4.26. The molecule has 0 spiro atoms. The summed E-state index contributed by atoms with van der Waals surface area (Å²) in [5.41, 5.74) is 1.80. The van der Waals surface area contributed by atoms with Gasteiger partial charge in [-0.15, -0.1) is 0 Å². The number of fused-ring (bicyclic) bond motifs is 1. The third-order valence-electron chi connectivity index (χ3n) is 3.61. The number of hydrogen-bond acceptors (Lipinski definition) is 2. The lowest BCUT2D eigenvalue weighted by atomic mass is 10.1. The molecule has 1 heterocycles. The zero-order chi connectivity index (χ0) is 16.9. The van der Waals surface area contributed by atoms with Crippen molar-refractivity contribution >= 4 is 34.5 Å². The quantitative estimate of drug-likeness (QED) is 0.715. The van der Waals surface area contributed by atoms with Crippen LogP contribution in [-0.2, 0) is 11.3 Å². The second-order valence-electron chi connectivity index (χ2n) is 5.28. The third kappa shape index (κ3) is 3.73. The number of benzene rings is 2. The molecule has 2 aromatic carbocycles. The molecule has 4 nitrogen and oxygen atoms in total. The molecule has 24 heavy (non-hydrogen) atoms. The Labute approximate surface area is 143 Å². The Hall–Kier alpha value is -2.85. The molecule has 0 bridgehead atoms. The fourth-order valence-corrected chi connectivity index (χ4v) is 2.54. The summed E-state index contributed by atoms with van der Waals surface area (Å²) in [5.74, 6) is -0.289. The SMILES string of the molecule is O=C(/C=C/c1cc2ccccc2[nH]c1=O)NCc1ccccc1Cl. The minimum Gasteiger partial charge on any atom is -0.348 e. The van der Waals surface area contributed by atoms with Crippen molar-refractivity contribution in [3.8, 4) is 0 Å². The predicted octanol–water partition coefficient (Wildman–Crippen LogP) is 3.51. The van der Waals surface area contributed by atoms with Crippen LogP contribution in [0.4, 0.5) is 0 Å². The average molecular weight is 339 g/mol. The number of aromatic amines is 1. The zero-order valence-electron chi connectivity index (χ0n) is 12.8. The fourth-order valence-electron chi connectivity index (χ4n) is 2.34. The number of H-pyrrole nitrogens is 1. The molecule has 0 saturated heterocycles. The lowest BCUT2D eigenvalue weighted by Gasteiger charge is -2.04. The maximum Gasteiger partial charge on any atom is 0.255 e. The van der Waals surface area contributed by atoms with Gasteiger partial charge in [0.25, 0.3) is 5.56 Å². The summed E-state index contributed by atoms with van der Waals surface area (Å²) in [4.78, 5) is 26.7. The van der Waals surface area contributed by atoms with Gasteiger partial charge in [0, 0.05) is 28.7 Å². The van der Waals surface area contributed by atoms with Crippen LogP contribution >= 0.6 is 11.6 Å². The molecule has 0 aliphatic rings. The van der Waals surface area contributed by atoms with Crippen LogP contribution in [0.5, 0.6) is 0 Å². The van der Waals surface area contributed by atoms with E-state index in [1.165, 1.54) is 12.2 Å². The highest BCUT2D eigenvalue weighted by Crippen LogP contribution is 2.14. The Morgan fingerprint density at radius 1 is 1.12 bits per heavy atom. The Morgan fingerprint density at radius 2 is 1.88 bits per heavy atom. The summed E-state index contributed by atoms with van der Waals surface area (Å²) in [7, 11) is 0. The second kappa shape index (κ2) is 7.15. The van der Waals surface area contributed by atoms with Gasteiger partial charge in [0.1, 0.15) is 0 Å². The van der Waals surface area contributed by atoms with Gasteiger partial charge < -0.3 is 10.3 Å². The number of para-hydroxylation sites is 1. The van der Waals surface area contributed by atoms with E-state index in [2.05, 4.69) is 10.3 Å². The summed E-state index contributed by atoms with van der Waals surface area (Å²) in [6.45, 7) is 0.330. The Kier molecular flexibility index (Phi) is 4.77. The number of pyridine rings is 1. The van der Waals surface area contributed by atoms with Gasteiger partial charge in [0.15, 0.2) is 0 Å². The normalized spacial score (nSPS) is 11.0. The number of aromatic nitrogens is 1. The van der Waals surface area contributed by atoms with E-state index in [9.17, 15) is 9.59 Å². The number of nitrogens with one attached hydrogen (secondary N) is 2. The van der Waals surface area contributed by atoms with Crippen molar-refractivity contribution in [3.63, 3.8) is 0 Å². The van der Waals surface area contributed by atoms with E-state index in [4.69, 9.17) is 11.6 Å². The van der Waals surface area contributed by atoms with E-state index in [1.54, 1.807) is 12.1 Å². The van der Waals surface area contributed by atoms with Gasteiger partial charge in [0.2, 0.25) is 5.91 Å². The molecule has 0 fully saturated rings. The average Bonchev–Trinajstić information content (AvgIpc) is 2.59. The van der Waals surface area contributed by atoms with Crippen LogP contribution in [-0.4, -0.2) is 10.9 Å². The van der Waals surface area contributed by atoms with Crippen LogP contribution in [0.1, 0.15) is 11.1 Å². The molecule has 1 amide bonds. The lowest BCUT2D eigenvalue weighted by molar-refractivity contribution is -0.116. The second-order valence-corrected chi connectivity index (χ2v) is 5.69. The van der Waals surface area contributed by atoms with Crippen LogP contribution in [0, 0.1) is 0 Å². The number of carbonyl (C=O) groups excluding carboxylic acids is 1. The monoisotopic (exact) mass is 338 g/mol. The van der Waals surface area contributed by atoms with Crippen molar-refractivity contribution in [2.75, 3.05) is 0 Å². The number of hydrogen-bond donors (Lipinski definition) is 2. The van der Waals surface area contributed by atoms with Crippen LogP contribution in [0.2, 0.25) is 5.02 Å². The summed E-state index contributed by atoms with van der Waals surface area (Å²) in [6, 6.07) is 16.6. The van der Waals surface area contributed by atoms with E-state index in [1.807, 2.05) is 42.5 Å². The maximum atomic E-state index is 12.0. The van der Waals surface area contributed by atoms with Crippen molar-refractivity contribution in [1.82, 2.24) is 10.3 Å². The highest BCUT2D eigenvalue weighted by Gasteiger charge is 2.02. The summed E-state index contributed by atoms with van der Waals surface area (Å²) in [6.07, 6.45) is 2.85. The van der Waals surface area contributed by atoms with Crippen LogP contribution in [0.25, 0.3) is 17.0 Å². The Morgan fingerprint density at radius 3 is 2.71 bits per heavy atom. The maximum absolute atomic E-state index is 12.0. The van der Waals surface area contributed by atoms with Crippen molar-refractivity contribution in [1.29, 1.82) is 0 Å². The minimum atomic E-state index is -0.289. The fraction of sp³-hybridized carbons (Fsp3) is 0.0526. The third-order valence-corrected chi connectivity index (χ3v) is 3.98. The van der Waals surface area contributed by atoms with Gasteiger partial charge >= 0.3 is 0 Å². The first kappa shape index (κ1) is 16.0. The molecule has 0 atom stereocenters. The van der Waals surface area contributed by atoms with Crippen LogP contribution in [0.15, 0.2) is 65.5 Å². The van der Waals surface area contributed by atoms with Gasteiger partial charge in [-0.1, -0.05) is 48.0 Å². The molecular weight excluding hydrogens is 324 g/mol. The van der Waals surface area contributed by atoms with Gasteiger partial charge in [-0.2, -0.15) is 0 Å². The molecule has 0 radical (unpaired) electrons. The van der Waals surface area contributed by atoms with Crippen LogP contribution in [0.3, 0.4) is 0 Å². The minimum absolute atomic E-state index is 0.233. The molecule has 5 heteroatoms. The van der Waals surface area contributed by atoms with Gasteiger partial charge in [-0.25, -0.2) is 0 Å². The summed E-state index contributed by atoms with van der Waals surface area (Å²) >= 11 is 6.04. The molecule has 0 aliphatic carbocycles. The summed E-state index contributed by atoms with van der Waals surface area (Å²) < 4.78 is 0. The molecule has 3 rings (SSSR count). The van der Waals surface area contributed by atoms with E-state index in [0.717, 1.165) is 16.5 Å². The predicted molar refractivity (Wildman–Crippen MR) is 96.9 cm³/mol. The molecular formula is C19H15ClN2O2. The lowest BCUT2D eigenvalue weighted by Crippen LogP contribution is -2.20. The first-order valence-electron chi connectivity index (χ1n) is 7.45. The largest absolute Gasteiger partial charge is 0.348 e. The molecule has 2 N–H and O–H groups in total. The smallest absolute Gasteiger partial charge is 0.255 e. The van der Waals surface area contributed by atoms with Gasteiger partial charge in [-0.05, 0) is 35.2 Å². The van der Waals surface area contributed by atoms with E-state index < -0.39 is 0 Å². The van der Waals surface area contributed by atoms with E-state index in [0.29, 0.717) is 17.1 Å². The number of rotatable bonds is 4. The van der Waals surface area contributed by atoms with E-state index in [-0.39, 0.29) is 11.5 Å². The molecule has 120 valence electrons. The molecule has 0 saturated carbocycles. The van der Waals surface area contributed by atoms with Gasteiger partial charge in [-0.3, -0.25) is 9.59 Å². The van der Waals surface area contributed by atoms with Crippen molar-refractivity contribution in [3.05, 3.63) is 87.2 Å². The van der Waals surface area contributed by atoms with Gasteiger partial charge in [0.05, 0.1) is 0 Å². The highest BCUT2D eigenvalue weighted by molar-refractivity contribution is 6.31. The molecule has 0 unspecified atom stereocenters. The van der Waals surface area contributed by atoms with Crippen molar-refractivity contribution in [2.24, 2.45) is 0 Å². The molecule has 3 aromatic rings. The van der Waals surface area contributed by atoms with Crippen molar-refractivity contribution < 1.29 is 4.79 Å². The number of carbonyl (C=O) groups is 1. The first-order chi connectivity index (χ1) is 11.6. The standard InChI is InChI=1S/C19H15ClN2O2/c20-16-7-3-1-6-15(16)12-21-18(23)10-9-14-11-13-5-2-4-8-17(13)22-19(14)24/h1-11H,12H2,(H,21,23)(H,22,24)/b10-9+. The molecule has 1 aromatic heterocycles. The van der Waals surface area contributed by atoms with E-state index >= 15 is 0 Å². The molecule has 0 aliphatic heterocycles. The first-order valence-corrected chi connectivity index (χ1v) is 7.83. The number of halogens is 1. The Balaban J connectivity index is 1.71. The zero-order valence-corrected chi connectivity index (χ0v) is 13.5. The Bertz CT molecular complexity index is 976. The van der Waals surface area contributed by atoms with Crippen LogP contribution < -0.4 is 10.9 Å². The van der Waals surface area contributed by atoms with Crippen molar-refractivity contribution in [2.45, 2.75) is 6.54 Å². The number of amides is 1.